The second kappa shape index (κ2) is 9.63. The summed E-state index contributed by atoms with van der Waals surface area (Å²) in [6.45, 7) is 4.50. The zero-order valence-corrected chi connectivity index (χ0v) is 13.8. The van der Waals surface area contributed by atoms with Gasteiger partial charge in [0.05, 0.1) is 12.1 Å². The first kappa shape index (κ1) is 17.8. The van der Waals surface area contributed by atoms with E-state index in [2.05, 4.69) is 17.2 Å². The predicted molar refractivity (Wildman–Crippen MR) is 87.4 cm³/mol. The van der Waals surface area contributed by atoms with Crippen LogP contribution in [-0.2, 0) is 11.3 Å². The molecule has 0 fully saturated rings. The molecule has 2 unspecified atom stereocenters. The van der Waals surface area contributed by atoms with Gasteiger partial charge in [0.25, 0.3) is 0 Å². The van der Waals surface area contributed by atoms with Gasteiger partial charge in [0.2, 0.25) is 11.8 Å². The third-order valence-corrected chi connectivity index (χ3v) is 3.78. The summed E-state index contributed by atoms with van der Waals surface area (Å²) in [5, 5.41) is 2.85. The number of aromatic nitrogens is 1. The van der Waals surface area contributed by atoms with Crippen LogP contribution in [0.4, 0.5) is 0 Å². The summed E-state index contributed by atoms with van der Waals surface area (Å²) in [4.78, 5) is 16.0. The zero-order chi connectivity index (χ0) is 15.7. The standard InChI is InChI=1S/C15H25N3O2S/c1-4-11(2)20-14-9-12(5-7-17-14)10-18-15(19)13(16)6-8-21-3/h5,7,9,11,13H,4,6,8,10,16H2,1-3H3,(H,18,19). The lowest BCUT2D eigenvalue weighted by atomic mass is 10.2. The van der Waals surface area contributed by atoms with Crippen LogP contribution in [0.5, 0.6) is 5.88 Å². The molecule has 1 aromatic rings. The molecule has 1 amide bonds. The number of nitrogens with zero attached hydrogens (tertiary/aromatic N) is 1. The van der Waals surface area contributed by atoms with Gasteiger partial charge in [-0.15, -0.1) is 0 Å². The minimum atomic E-state index is -0.449. The molecule has 1 rings (SSSR count). The molecule has 0 aromatic carbocycles. The van der Waals surface area contributed by atoms with Crippen molar-refractivity contribution in [1.29, 1.82) is 0 Å². The van der Waals surface area contributed by atoms with Gasteiger partial charge in [-0.05, 0) is 43.4 Å². The van der Waals surface area contributed by atoms with Crippen molar-refractivity contribution >= 4 is 17.7 Å². The SMILES string of the molecule is CCC(C)Oc1cc(CNC(=O)C(N)CCSC)ccn1. The number of hydrogen-bond donors (Lipinski definition) is 2. The highest BCUT2D eigenvalue weighted by Crippen LogP contribution is 2.12. The second-order valence-electron chi connectivity index (χ2n) is 4.94. The van der Waals surface area contributed by atoms with Crippen LogP contribution in [0.1, 0.15) is 32.3 Å². The smallest absolute Gasteiger partial charge is 0.237 e. The van der Waals surface area contributed by atoms with E-state index in [9.17, 15) is 4.79 Å². The first-order chi connectivity index (χ1) is 10.1. The quantitative estimate of drug-likeness (QED) is 0.729. The monoisotopic (exact) mass is 311 g/mol. The zero-order valence-electron chi connectivity index (χ0n) is 13.0. The average Bonchev–Trinajstić information content (AvgIpc) is 2.50. The Morgan fingerprint density at radius 1 is 1.57 bits per heavy atom. The summed E-state index contributed by atoms with van der Waals surface area (Å²) in [6, 6.07) is 3.26. The van der Waals surface area contributed by atoms with Gasteiger partial charge in [0.1, 0.15) is 0 Å². The lowest BCUT2D eigenvalue weighted by Crippen LogP contribution is -2.40. The number of carbonyl (C=O) groups excluding carboxylic acids is 1. The largest absolute Gasteiger partial charge is 0.475 e. The average molecular weight is 311 g/mol. The first-order valence-electron chi connectivity index (χ1n) is 7.20. The first-order valence-corrected chi connectivity index (χ1v) is 8.60. The van der Waals surface area contributed by atoms with Crippen molar-refractivity contribution < 1.29 is 9.53 Å². The molecule has 0 aliphatic rings. The minimum Gasteiger partial charge on any atom is -0.475 e. The third-order valence-electron chi connectivity index (χ3n) is 3.13. The van der Waals surface area contributed by atoms with E-state index < -0.39 is 6.04 Å². The fraction of sp³-hybridized carbons (Fsp3) is 0.600. The van der Waals surface area contributed by atoms with Gasteiger partial charge in [0.15, 0.2) is 0 Å². The Bertz CT molecular complexity index is 443. The summed E-state index contributed by atoms with van der Waals surface area (Å²) < 4.78 is 5.66. The molecule has 0 saturated carbocycles. The maximum atomic E-state index is 11.8. The molecule has 5 nitrogen and oxygen atoms in total. The number of nitrogens with two attached hydrogens (primary N) is 1. The van der Waals surface area contributed by atoms with Gasteiger partial charge in [-0.1, -0.05) is 6.92 Å². The topological polar surface area (TPSA) is 77.2 Å². The molecule has 21 heavy (non-hydrogen) atoms. The number of rotatable bonds is 9. The summed E-state index contributed by atoms with van der Waals surface area (Å²) in [5.74, 6) is 1.35. The van der Waals surface area contributed by atoms with E-state index in [1.54, 1.807) is 18.0 Å². The van der Waals surface area contributed by atoms with Crippen molar-refractivity contribution in [2.24, 2.45) is 5.73 Å². The van der Waals surface area contributed by atoms with E-state index in [4.69, 9.17) is 10.5 Å². The molecule has 2 atom stereocenters. The maximum Gasteiger partial charge on any atom is 0.237 e. The van der Waals surface area contributed by atoms with Gasteiger partial charge in [-0.3, -0.25) is 4.79 Å². The van der Waals surface area contributed by atoms with Gasteiger partial charge in [-0.2, -0.15) is 11.8 Å². The number of amides is 1. The molecule has 0 bridgehead atoms. The number of ether oxygens (including phenoxy) is 1. The molecule has 0 spiro atoms. The number of nitrogens with one attached hydrogen (secondary N) is 1. The van der Waals surface area contributed by atoms with Crippen molar-refractivity contribution in [1.82, 2.24) is 10.3 Å². The van der Waals surface area contributed by atoms with Crippen molar-refractivity contribution in [3.63, 3.8) is 0 Å². The van der Waals surface area contributed by atoms with E-state index in [1.807, 2.05) is 25.3 Å². The van der Waals surface area contributed by atoms with Crippen LogP contribution in [0.3, 0.4) is 0 Å². The Morgan fingerprint density at radius 2 is 2.33 bits per heavy atom. The summed E-state index contributed by atoms with van der Waals surface area (Å²) in [7, 11) is 0. The lowest BCUT2D eigenvalue weighted by Gasteiger charge is -2.14. The number of pyridine rings is 1. The van der Waals surface area contributed by atoms with Crippen molar-refractivity contribution in [2.45, 2.75) is 45.4 Å². The molecule has 1 heterocycles. The van der Waals surface area contributed by atoms with Gasteiger partial charge >= 0.3 is 0 Å². The van der Waals surface area contributed by atoms with Crippen LogP contribution in [0.15, 0.2) is 18.3 Å². The Morgan fingerprint density at radius 3 is 3.00 bits per heavy atom. The highest BCUT2D eigenvalue weighted by atomic mass is 32.2. The van der Waals surface area contributed by atoms with E-state index in [-0.39, 0.29) is 12.0 Å². The predicted octanol–water partition coefficient (Wildman–Crippen LogP) is 1.96. The summed E-state index contributed by atoms with van der Waals surface area (Å²) in [6.07, 6.45) is 5.42. The minimum absolute atomic E-state index is 0.120. The maximum absolute atomic E-state index is 11.8. The van der Waals surface area contributed by atoms with E-state index >= 15 is 0 Å². The van der Waals surface area contributed by atoms with Crippen molar-refractivity contribution in [3.05, 3.63) is 23.9 Å². The van der Waals surface area contributed by atoms with Gasteiger partial charge in [-0.25, -0.2) is 4.98 Å². The normalized spacial score (nSPS) is 13.5. The highest BCUT2D eigenvalue weighted by molar-refractivity contribution is 7.98. The number of carbonyl (C=O) groups is 1. The molecule has 0 aliphatic carbocycles. The molecule has 6 heteroatoms. The van der Waals surface area contributed by atoms with Gasteiger partial charge in [0, 0.05) is 18.8 Å². The van der Waals surface area contributed by atoms with Crippen LogP contribution in [-0.4, -0.2) is 35.0 Å². The Balaban J connectivity index is 2.48. The lowest BCUT2D eigenvalue weighted by molar-refractivity contribution is -0.122. The number of hydrogen-bond acceptors (Lipinski definition) is 5. The molecule has 0 radical (unpaired) electrons. The third kappa shape index (κ3) is 6.82. The summed E-state index contributed by atoms with van der Waals surface area (Å²) >= 11 is 1.69. The van der Waals surface area contributed by atoms with E-state index in [0.717, 1.165) is 17.7 Å². The van der Waals surface area contributed by atoms with Crippen LogP contribution in [0.25, 0.3) is 0 Å². The Labute approximate surface area is 131 Å². The molecule has 1 aromatic heterocycles. The fourth-order valence-electron chi connectivity index (χ4n) is 1.61. The Kier molecular flexibility index (Phi) is 8.15. The van der Waals surface area contributed by atoms with Crippen LogP contribution in [0.2, 0.25) is 0 Å². The van der Waals surface area contributed by atoms with Crippen LogP contribution >= 0.6 is 11.8 Å². The second-order valence-corrected chi connectivity index (χ2v) is 5.93. The van der Waals surface area contributed by atoms with E-state index in [1.165, 1.54) is 0 Å². The molecule has 0 saturated heterocycles. The molecule has 118 valence electrons. The molecular weight excluding hydrogens is 286 g/mol. The van der Waals surface area contributed by atoms with E-state index in [0.29, 0.717) is 18.8 Å². The summed E-state index contributed by atoms with van der Waals surface area (Å²) in [5.41, 5.74) is 6.77. The molecule has 0 aliphatic heterocycles. The van der Waals surface area contributed by atoms with Crippen molar-refractivity contribution in [2.75, 3.05) is 12.0 Å². The Hall–Kier alpha value is -1.27. The number of thioether (sulfide) groups is 1. The fourth-order valence-corrected chi connectivity index (χ4v) is 2.10. The van der Waals surface area contributed by atoms with Crippen LogP contribution in [0, 0.1) is 0 Å². The highest BCUT2D eigenvalue weighted by Gasteiger charge is 2.12. The van der Waals surface area contributed by atoms with Crippen molar-refractivity contribution in [3.8, 4) is 5.88 Å². The van der Waals surface area contributed by atoms with Crippen LogP contribution < -0.4 is 15.8 Å². The molecule has 3 N–H and O–H groups in total. The van der Waals surface area contributed by atoms with Gasteiger partial charge < -0.3 is 15.8 Å². The molecular formula is C15H25N3O2S.